The number of hydrogen-bond acceptors (Lipinski definition) is 6. The van der Waals surface area contributed by atoms with Gasteiger partial charge in [-0.3, -0.25) is 0 Å². The summed E-state index contributed by atoms with van der Waals surface area (Å²) in [5, 5.41) is 12.2. The number of fused-ring (bicyclic) bond motifs is 3. The number of aliphatic carboxylic acids is 1. The van der Waals surface area contributed by atoms with Gasteiger partial charge in [0.1, 0.15) is 12.2 Å². The highest BCUT2D eigenvalue weighted by atomic mass is 16.6. The zero-order valence-electron chi connectivity index (χ0n) is 19.8. The van der Waals surface area contributed by atoms with Crippen LogP contribution in [0.2, 0.25) is 0 Å². The summed E-state index contributed by atoms with van der Waals surface area (Å²) >= 11 is 0. The fraction of sp³-hybridized carbons (Fsp3) is 0.423. The Morgan fingerprint density at radius 2 is 1.74 bits per heavy atom. The van der Waals surface area contributed by atoms with E-state index in [1.165, 1.54) is 5.56 Å². The van der Waals surface area contributed by atoms with Crippen LogP contribution in [0.3, 0.4) is 0 Å². The van der Waals surface area contributed by atoms with E-state index in [0.29, 0.717) is 12.8 Å². The lowest BCUT2D eigenvalue weighted by molar-refractivity contribution is -0.162. The van der Waals surface area contributed by atoms with Crippen molar-refractivity contribution in [2.75, 3.05) is 6.54 Å². The Kier molecular flexibility index (Phi) is 7.61. The molecular formula is C26H32N2O6. The predicted molar refractivity (Wildman–Crippen MR) is 127 cm³/mol. The van der Waals surface area contributed by atoms with E-state index in [4.69, 9.17) is 15.2 Å². The van der Waals surface area contributed by atoms with E-state index < -0.39 is 29.2 Å². The van der Waals surface area contributed by atoms with E-state index >= 15 is 0 Å². The van der Waals surface area contributed by atoms with Crippen LogP contribution in [0.15, 0.2) is 42.5 Å². The molecule has 1 atom stereocenters. The number of amides is 1. The predicted octanol–water partition coefficient (Wildman–Crippen LogP) is 3.78. The molecule has 0 saturated carbocycles. The fourth-order valence-electron chi connectivity index (χ4n) is 3.96. The molecule has 2 aromatic rings. The van der Waals surface area contributed by atoms with Gasteiger partial charge in [-0.15, -0.1) is 0 Å². The second-order valence-corrected chi connectivity index (χ2v) is 9.52. The lowest BCUT2D eigenvalue weighted by atomic mass is 9.94. The highest BCUT2D eigenvalue weighted by Gasteiger charge is 2.43. The Bertz CT molecular complexity index is 1080. The van der Waals surface area contributed by atoms with Crippen molar-refractivity contribution in [3.05, 3.63) is 59.2 Å². The average molecular weight is 469 g/mol. The lowest BCUT2D eigenvalue weighted by Gasteiger charge is -2.23. The van der Waals surface area contributed by atoms with Crippen molar-refractivity contribution >= 4 is 18.0 Å². The van der Waals surface area contributed by atoms with E-state index in [1.807, 2.05) is 30.3 Å². The number of carbonyl (C=O) groups is 3. The summed E-state index contributed by atoms with van der Waals surface area (Å²) < 4.78 is 10.5. The zero-order valence-corrected chi connectivity index (χ0v) is 19.8. The molecule has 1 aliphatic rings. The molecule has 1 unspecified atom stereocenters. The molecule has 0 heterocycles. The molecule has 1 amide bonds. The monoisotopic (exact) mass is 468 g/mol. The molecule has 0 spiro atoms. The van der Waals surface area contributed by atoms with Crippen LogP contribution in [0.4, 0.5) is 4.79 Å². The molecule has 4 N–H and O–H groups in total. The van der Waals surface area contributed by atoms with Crippen molar-refractivity contribution < 1.29 is 29.0 Å². The number of ether oxygens (including phenoxy) is 2. The van der Waals surface area contributed by atoms with Gasteiger partial charge in [0, 0.05) is 6.54 Å². The van der Waals surface area contributed by atoms with E-state index in [9.17, 15) is 19.5 Å². The maximum Gasteiger partial charge on any atom is 0.407 e. The number of carboxylic acid groups (broad SMARTS) is 1. The van der Waals surface area contributed by atoms with Crippen molar-refractivity contribution in [3.8, 4) is 11.1 Å². The van der Waals surface area contributed by atoms with Gasteiger partial charge in [-0.25, -0.2) is 14.4 Å². The van der Waals surface area contributed by atoms with E-state index in [2.05, 4.69) is 17.4 Å². The molecule has 34 heavy (non-hydrogen) atoms. The molecule has 1 aliphatic carbocycles. The van der Waals surface area contributed by atoms with Crippen LogP contribution in [-0.4, -0.2) is 40.8 Å². The first-order valence-electron chi connectivity index (χ1n) is 11.4. The van der Waals surface area contributed by atoms with Crippen LogP contribution in [0.1, 0.15) is 56.7 Å². The average Bonchev–Trinajstić information content (AvgIpc) is 3.15. The second-order valence-electron chi connectivity index (χ2n) is 9.52. The maximum absolute atomic E-state index is 12.7. The summed E-state index contributed by atoms with van der Waals surface area (Å²) in [6, 6.07) is 13.9. The minimum Gasteiger partial charge on any atom is -0.479 e. The molecule has 182 valence electrons. The highest BCUT2D eigenvalue weighted by Crippen LogP contribution is 2.38. The van der Waals surface area contributed by atoms with Crippen LogP contribution < -0.4 is 11.1 Å². The fourth-order valence-corrected chi connectivity index (χ4v) is 3.96. The minimum absolute atomic E-state index is 0.0532. The van der Waals surface area contributed by atoms with Gasteiger partial charge in [0.25, 0.3) is 0 Å². The van der Waals surface area contributed by atoms with Crippen molar-refractivity contribution in [3.63, 3.8) is 0 Å². The van der Waals surface area contributed by atoms with E-state index in [1.54, 1.807) is 20.8 Å². The number of hydrogen-bond donors (Lipinski definition) is 3. The van der Waals surface area contributed by atoms with Gasteiger partial charge in [0.15, 0.2) is 0 Å². The quantitative estimate of drug-likeness (QED) is 0.248. The first kappa shape index (κ1) is 25.2. The summed E-state index contributed by atoms with van der Waals surface area (Å²) in [7, 11) is 0. The molecular weight excluding hydrogens is 436 g/mol. The number of carbonyl (C=O) groups excluding carboxylic acids is 2. The van der Waals surface area contributed by atoms with E-state index in [-0.39, 0.29) is 19.6 Å². The smallest absolute Gasteiger partial charge is 0.407 e. The molecule has 0 bridgehead atoms. The maximum atomic E-state index is 12.7. The van der Waals surface area contributed by atoms with Crippen molar-refractivity contribution in [1.29, 1.82) is 0 Å². The third-order valence-corrected chi connectivity index (χ3v) is 5.72. The molecule has 0 radical (unpaired) electrons. The van der Waals surface area contributed by atoms with Crippen LogP contribution in [-0.2, 0) is 32.1 Å². The summed E-state index contributed by atoms with van der Waals surface area (Å²) in [4.78, 5) is 36.2. The largest absolute Gasteiger partial charge is 0.479 e. The first-order valence-corrected chi connectivity index (χ1v) is 11.4. The summed E-state index contributed by atoms with van der Waals surface area (Å²) in [5.74, 6) is -2.42. The SMILES string of the molecule is CC(C)(C)OC(=O)NCCCCC(N)(C(=O)O)C(=O)OCc1cccc2c1Cc1ccccc1-2. The third kappa shape index (κ3) is 5.94. The summed E-state index contributed by atoms with van der Waals surface area (Å²) in [6.45, 7) is 5.50. The molecule has 0 saturated heterocycles. The van der Waals surface area contributed by atoms with Gasteiger partial charge in [-0.2, -0.15) is 0 Å². The summed E-state index contributed by atoms with van der Waals surface area (Å²) in [5.41, 5.74) is 8.56. The number of unbranched alkanes of at least 4 members (excludes halogenated alkanes) is 1. The van der Waals surface area contributed by atoms with Crippen LogP contribution >= 0.6 is 0 Å². The normalized spacial score (nSPS) is 13.9. The van der Waals surface area contributed by atoms with Gasteiger partial charge in [0.05, 0.1) is 0 Å². The molecule has 2 aromatic carbocycles. The molecule has 8 heteroatoms. The number of rotatable bonds is 9. The van der Waals surface area contributed by atoms with Gasteiger partial charge < -0.3 is 25.6 Å². The Morgan fingerprint density at radius 3 is 2.44 bits per heavy atom. The van der Waals surface area contributed by atoms with Crippen molar-refractivity contribution in [2.24, 2.45) is 5.73 Å². The van der Waals surface area contributed by atoms with Crippen LogP contribution in [0, 0.1) is 0 Å². The van der Waals surface area contributed by atoms with Gasteiger partial charge in [0.2, 0.25) is 5.54 Å². The Labute approximate surface area is 199 Å². The number of benzene rings is 2. The third-order valence-electron chi connectivity index (χ3n) is 5.72. The van der Waals surface area contributed by atoms with Crippen LogP contribution in [0.25, 0.3) is 11.1 Å². The van der Waals surface area contributed by atoms with Crippen molar-refractivity contribution in [2.45, 2.75) is 64.2 Å². The topological polar surface area (TPSA) is 128 Å². The molecule has 8 nitrogen and oxygen atoms in total. The standard InChI is InChI=1S/C26H32N2O6/c1-25(2,3)34-24(32)28-14-7-6-13-26(27,22(29)30)23(31)33-16-18-10-8-12-20-19-11-5-4-9-17(19)15-21(18)20/h4-5,8-12H,6-7,13-16,27H2,1-3H3,(H,28,32)(H,29,30). The van der Waals surface area contributed by atoms with E-state index in [0.717, 1.165) is 28.7 Å². The molecule has 0 aliphatic heterocycles. The Hall–Kier alpha value is -3.39. The number of carboxylic acids is 1. The van der Waals surface area contributed by atoms with Crippen LogP contribution in [0.5, 0.6) is 0 Å². The Morgan fingerprint density at radius 1 is 1.03 bits per heavy atom. The zero-order chi connectivity index (χ0) is 24.9. The molecule has 3 rings (SSSR count). The van der Waals surface area contributed by atoms with Crippen molar-refractivity contribution in [1.82, 2.24) is 5.32 Å². The van der Waals surface area contributed by atoms with Gasteiger partial charge >= 0.3 is 18.0 Å². The first-order chi connectivity index (χ1) is 16.0. The molecule has 0 aromatic heterocycles. The lowest BCUT2D eigenvalue weighted by Crippen LogP contribution is -2.55. The number of alkyl carbamates (subject to hydrolysis) is 1. The second kappa shape index (κ2) is 10.3. The Balaban J connectivity index is 1.54. The molecule has 0 fully saturated rings. The minimum atomic E-state index is -2.16. The highest BCUT2D eigenvalue weighted by molar-refractivity contribution is 6.03. The summed E-state index contributed by atoms with van der Waals surface area (Å²) in [6.07, 6.45) is 0.806. The van der Waals surface area contributed by atoms with Gasteiger partial charge in [-0.1, -0.05) is 42.5 Å². The number of esters is 1. The number of nitrogens with one attached hydrogen (secondary N) is 1. The van der Waals surface area contributed by atoms with Gasteiger partial charge in [-0.05, 0) is 74.3 Å². The number of nitrogens with two attached hydrogens (primary N) is 1.